The van der Waals surface area contributed by atoms with E-state index in [2.05, 4.69) is 10.3 Å². The number of nitrogens with one attached hydrogen (secondary N) is 1. The van der Waals surface area contributed by atoms with Crippen molar-refractivity contribution in [2.45, 2.75) is 0 Å². The summed E-state index contributed by atoms with van der Waals surface area (Å²) in [6, 6.07) is 6.89. The van der Waals surface area contributed by atoms with Crippen LogP contribution in [0.2, 0.25) is 0 Å². The molecule has 0 saturated carbocycles. The number of carboxylic acid groups (broad SMARTS) is 1. The molecule has 0 fully saturated rings. The van der Waals surface area contributed by atoms with Gasteiger partial charge in [-0.25, -0.2) is 9.18 Å². The molecule has 0 spiro atoms. The van der Waals surface area contributed by atoms with Crippen molar-refractivity contribution in [3.05, 3.63) is 65.7 Å². The van der Waals surface area contributed by atoms with Crippen LogP contribution in [0.15, 0.2) is 48.8 Å². The number of aromatic nitrogens is 1. The Kier molecular flexibility index (Phi) is 4.40. The molecule has 5 nitrogen and oxygen atoms in total. The molecule has 0 bridgehead atoms. The first-order valence-electron chi connectivity index (χ1n) is 5.98. The summed E-state index contributed by atoms with van der Waals surface area (Å²) in [4.78, 5) is 26.5. The number of nitrogens with zero attached hydrogens (tertiary/aromatic N) is 1. The van der Waals surface area contributed by atoms with E-state index in [-0.39, 0.29) is 17.1 Å². The van der Waals surface area contributed by atoms with Gasteiger partial charge in [0.1, 0.15) is 5.82 Å². The Labute approximate surface area is 119 Å². The highest BCUT2D eigenvalue weighted by molar-refractivity contribution is 6.05. The van der Waals surface area contributed by atoms with E-state index in [4.69, 9.17) is 5.11 Å². The van der Waals surface area contributed by atoms with Gasteiger partial charge in [-0.3, -0.25) is 9.78 Å². The Bertz CT molecular complexity index is 696. The normalized spacial score (nSPS) is 10.5. The van der Waals surface area contributed by atoms with Crippen LogP contribution in [0.25, 0.3) is 6.08 Å². The number of benzene rings is 1. The van der Waals surface area contributed by atoms with Crippen molar-refractivity contribution in [1.82, 2.24) is 4.98 Å². The predicted octanol–water partition coefficient (Wildman–Crippen LogP) is 2.57. The average molecular weight is 286 g/mol. The van der Waals surface area contributed by atoms with Gasteiger partial charge in [0, 0.05) is 12.3 Å². The minimum absolute atomic E-state index is 0.0477. The molecule has 2 N–H and O–H groups in total. The molecule has 1 heterocycles. The molecule has 2 rings (SSSR count). The zero-order chi connectivity index (χ0) is 15.2. The van der Waals surface area contributed by atoms with Crippen molar-refractivity contribution in [3.8, 4) is 0 Å². The minimum Gasteiger partial charge on any atom is -0.478 e. The number of amides is 1. The lowest BCUT2D eigenvalue weighted by Gasteiger charge is -2.05. The number of hydrogen-bond donors (Lipinski definition) is 2. The third kappa shape index (κ3) is 3.97. The minimum atomic E-state index is -1.16. The van der Waals surface area contributed by atoms with Crippen LogP contribution in [0.5, 0.6) is 0 Å². The Morgan fingerprint density at radius 1 is 1.19 bits per heavy atom. The molecule has 0 aliphatic heterocycles. The highest BCUT2D eigenvalue weighted by atomic mass is 19.1. The second-order valence-electron chi connectivity index (χ2n) is 4.10. The number of carboxylic acids is 1. The fraction of sp³-hybridized carbons (Fsp3) is 0. The van der Waals surface area contributed by atoms with Gasteiger partial charge in [0.2, 0.25) is 5.91 Å². The maximum absolute atomic E-state index is 12.7. The van der Waals surface area contributed by atoms with Gasteiger partial charge < -0.3 is 10.4 Å². The molecule has 21 heavy (non-hydrogen) atoms. The van der Waals surface area contributed by atoms with Crippen LogP contribution in [0.3, 0.4) is 0 Å². The molecule has 0 saturated heterocycles. The Hall–Kier alpha value is -3.02. The molecular formula is C15H11FN2O3. The van der Waals surface area contributed by atoms with E-state index in [0.29, 0.717) is 5.56 Å². The number of rotatable bonds is 4. The van der Waals surface area contributed by atoms with Gasteiger partial charge in [0.15, 0.2) is 0 Å². The van der Waals surface area contributed by atoms with Crippen LogP contribution in [-0.2, 0) is 4.79 Å². The van der Waals surface area contributed by atoms with Crippen LogP contribution >= 0.6 is 0 Å². The summed E-state index contributed by atoms with van der Waals surface area (Å²) in [7, 11) is 0. The van der Waals surface area contributed by atoms with Crippen molar-refractivity contribution < 1.29 is 19.1 Å². The predicted molar refractivity (Wildman–Crippen MR) is 75.3 cm³/mol. The number of hydrogen-bond acceptors (Lipinski definition) is 3. The third-order valence-corrected chi connectivity index (χ3v) is 2.61. The molecule has 1 amide bonds. The summed E-state index contributed by atoms with van der Waals surface area (Å²) in [6.45, 7) is 0. The topological polar surface area (TPSA) is 79.3 Å². The van der Waals surface area contributed by atoms with Gasteiger partial charge in [0.05, 0.1) is 17.4 Å². The van der Waals surface area contributed by atoms with Crippen molar-refractivity contribution >= 4 is 23.6 Å². The number of anilines is 1. The number of halogens is 1. The molecule has 0 atom stereocenters. The molecule has 0 aliphatic rings. The second kappa shape index (κ2) is 6.42. The van der Waals surface area contributed by atoms with E-state index in [0.717, 1.165) is 0 Å². The highest BCUT2D eigenvalue weighted by Crippen LogP contribution is 2.13. The molecule has 0 aliphatic carbocycles. The quantitative estimate of drug-likeness (QED) is 0.847. The van der Waals surface area contributed by atoms with E-state index in [1.165, 1.54) is 54.9 Å². The van der Waals surface area contributed by atoms with E-state index >= 15 is 0 Å². The van der Waals surface area contributed by atoms with Gasteiger partial charge in [-0.15, -0.1) is 0 Å². The Morgan fingerprint density at radius 3 is 2.57 bits per heavy atom. The van der Waals surface area contributed by atoms with Crippen LogP contribution in [-0.4, -0.2) is 22.0 Å². The molecule has 1 aromatic carbocycles. The standard InChI is InChI=1S/C15H11FN2O3/c16-11-4-1-10(2-5-11)3-6-14(19)18-13-9-17-8-7-12(13)15(20)21/h1-9H,(H,18,19)(H,20,21). The lowest BCUT2D eigenvalue weighted by molar-refractivity contribution is -0.111. The molecular weight excluding hydrogens is 275 g/mol. The second-order valence-corrected chi connectivity index (χ2v) is 4.10. The molecule has 1 aromatic heterocycles. The summed E-state index contributed by atoms with van der Waals surface area (Å²) in [5.74, 6) is -2.02. The van der Waals surface area contributed by atoms with Gasteiger partial charge >= 0.3 is 5.97 Å². The smallest absolute Gasteiger partial charge is 0.337 e. The van der Waals surface area contributed by atoms with Crippen LogP contribution in [0, 0.1) is 5.82 Å². The van der Waals surface area contributed by atoms with Crippen molar-refractivity contribution in [3.63, 3.8) is 0 Å². The molecule has 6 heteroatoms. The third-order valence-electron chi connectivity index (χ3n) is 2.61. The van der Waals surface area contributed by atoms with Crippen molar-refractivity contribution in [2.75, 3.05) is 5.32 Å². The van der Waals surface area contributed by atoms with E-state index in [1.807, 2.05) is 0 Å². The van der Waals surface area contributed by atoms with Gasteiger partial charge in [0.25, 0.3) is 0 Å². The highest BCUT2D eigenvalue weighted by Gasteiger charge is 2.10. The van der Waals surface area contributed by atoms with Gasteiger partial charge in [-0.1, -0.05) is 12.1 Å². The number of carbonyl (C=O) groups is 2. The first-order valence-corrected chi connectivity index (χ1v) is 5.98. The summed E-state index contributed by atoms with van der Waals surface area (Å²) >= 11 is 0. The van der Waals surface area contributed by atoms with Crippen LogP contribution in [0.4, 0.5) is 10.1 Å². The summed E-state index contributed by atoms with van der Waals surface area (Å²) < 4.78 is 12.7. The summed E-state index contributed by atoms with van der Waals surface area (Å²) in [5, 5.41) is 11.4. The number of aromatic carboxylic acids is 1. The first-order chi connectivity index (χ1) is 10.1. The lowest BCUT2D eigenvalue weighted by atomic mass is 10.2. The molecule has 106 valence electrons. The number of carbonyl (C=O) groups excluding carboxylic acids is 1. The Balaban J connectivity index is 2.08. The molecule has 0 unspecified atom stereocenters. The van der Waals surface area contributed by atoms with Crippen LogP contribution < -0.4 is 5.32 Å². The SMILES string of the molecule is O=C(C=Cc1ccc(F)cc1)Nc1cnccc1C(=O)O. The van der Waals surface area contributed by atoms with E-state index in [1.54, 1.807) is 0 Å². The maximum atomic E-state index is 12.7. The zero-order valence-electron chi connectivity index (χ0n) is 10.8. The largest absolute Gasteiger partial charge is 0.478 e. The van der Waals surface area contributed by atoms with Crippen molar-refractivity contribution in [1.29, 1.82) is 0 Å². The molecule has 0 radical (unpaired) electrons. The Morgan fingerprint density at radius 2 is 1.90 bits per heavy atom. The van der Waals surface area contributed by atoms with Gasteiger partial charge in [-0.05, 0) is 29.8 Å². The first kappa shape index (κ1) is 14.4. The lowest BCUT2D eigenvalue weighted by Crippen LogP contribution is -2.12. The van der Waals surface area contributed by atoms with E-state index < -0.39 is 11.9 Å². The molecule has 2 aromatic rings. The maximum Gasteiger partial charge on any atom is 0.337 e. The fourth-order valence-corrected chi connectivity index (χ4v) is 1.60. The average Bonchev–Trinajstić information content (AvgIpc) is 2.47. The number of pyridine rings is 1. The zero-order valence-corrected chi connectivity index (χ0v) is 10.8. The van der Waals surface area contributed by atoms with E-state index in [9.17, 15) is 14.0 Å². The van der Waals surface area contributed by atoms with Crippen molar-refractivity contribution in [2.24, 2.45) is 0 Å². The van der Waals surface area contributed by atoms with Crippen LogP contribution in [0.1, 0.15) is 15.9 Å². The summed E-state index contributed by atoms with van der Waals surface area (Å²) in [6.07, 6.45) is 5.30. The van der Waals surface area contributed by atoms with Gasteiger partial charge in [-0.2, -0.15) is 0 Å². The monoisotopic (exact) mass is 286 g/mol. The summed E-state index contributed by atoms with van der Waals surface area (Å²) in [5.41, 5.74) is 0.712. The fourth-order valence-electron chi connectivity index (χ4n) is 1.60.